The first-order valence-electron chi connectivity index (χ1n) is 11.7. The fourth-order valence-corrected chi connectivity index (χ4v) is 5.57. The number of allylic oxidation sites excluding steroid dienone is 10. The molecule has 4 aliphatic rings. The van der Waals surface area contributed by atoms with Gasteiger partial charge in [0.25, 0.3) is 0 Å². The summed E-state index contributed by atoms with van der Waals surface area (Å²) in [4.78, 5) is 26.7. The van der Waals surface area contributed by atoms with Crippen LogP contribution in [0.4, 0.5) is 0 Å². The maximum absolute atomic E-state index is 13.4. The minimum Gasteiger partial charge on any atom is -0.289 e. The number of hydrogen-bond acceptors (Lipinski definition) is 2. The van der Waals surface area contributed by atoms with E-state index >= 15 is 0 Å². The van der Waals surface area contributed by atoms with Crippen LogP contribution in [0, 0.1) is 10.8 Å². The van der Waals surface area contributed by atoms with Crippen LogP contribution < -0.4 is 0 Å². The van der Waals surface area contributed by atoms with Gasteiger partial charge in [-0.05, 0) is 90.6 Å². The maximum Gasteiger partial charge on any atom is 0.185 e. The van der Waals surface area contributed by atoms with E-state index in [1.54, 1.807) is 0 Å². The van der Waals surface area contributed by atoms with Crippen molar-refractivity contribution >= 4 is 11.6 Å². The molecular weight excluding hydrogens is 368 g/mol. The zero-order valence-corrected chi connectivity index (χ0v) is 19.6. The molecule has 0 saturated heterocycles. The third-order valence-corrected chi connectivity index (χ3v) is 7.15. The lowest BCUT2D eigenvalue weighted by atomic mass is 9.68. The van der Waals surface area contributed by atoms with E-state index in [4.69, 9.17) is 0 Å². The van der Waals surface area contributed by atoms with Gasteiger partial charge >= 0.3 is 0 Å². The van der Waals surface area contributed by atoms with Crippen LogP contribution in [-0.2, 0) is 9.59 Å². The second-order valence-electron chi connectivity index (χ2n) is 11.4. The van der Waals surface area contributed by atoms with Crippen molar-refractivity contribution in [2.75, 3.05) is 0 Å². The summed E-state index contributed by atoms with van der Waals surface area (Å²) in [6.07, 6.45) is 12.3. The molecule has 0 spiro atoms. The average molecular weight is 405 g/mol. The number of rotatable bonds is 0. The average Bonchev–Trinajstić information content (AvgIpc) is 2.67. The standard InChI is InChI=1S/C28H36O2/c1-27(2,3)23-15-14-19-17(12-9-13-21(19)25(23)29)22-16-24(28(4,5)6)26(30)20-11-8-7-10-18(20)22/h15-16H,7-14H2,1-6H3/b22-17-. The second-order valence-corrected chi connectivity index (χ2v) is 11.4. The largest absolute Gasteiger partial charge is 0.289 e. The first-order valence-corrected chi connectivity index (χ1v) is 11.7. The summed E-state index contributed by atoms with van der Waals surface area (Å²) in [7, 11) is 0. The highest BCUT2D eigenvalue weighted by molar-refractivity contribution is 6.13. The Balaban J connectivity index is 1.90. The van der Waals surface area contributed by atoms with Crippen LogP contribution in [0.15, 0.2) is 56.7 Å². The number of carbonyl (C=O) groups is 2. The molecule has 0 atom stereocenters. The van der Waals surface area contributed by atoms with Crippen LogP contribution in [0.25, 0.3) is 0 Å². The third kappa shape index (κ3) is 3.53. The van der Waals surface area contributed by atoms with E-state index in [0.717, 1.165) is 73.7 Å². The molecule has 0 aromatic carbocycles. The summed E-state index contributed by atoms with van der Waals surface area (Å²) in [5, 5.41) is 0. The number of ketones is 2. The molecule has 0 bridgehead atoms. The van der Waals surface area contributed by atoms with E-state index < -0.39 is 0 Å². The van der Waals surface area contributed by atoms with E-state index in [9.17, 15) is 9.59 Å². The predicted molar refractivity (Wildman–Crippen MR) is 123 cm³/mol. The summed E-state index contributed by atoms with van der Waals surface area (Å²) in [5.41, 5.74) is 8.86. The summed E-state index contributed by atoms with van der Waals surface area (Å²) in [6, 6.07) is 0. The zero-order valence-electron chi connectivity index (χ0n) is 19.6. The molecule has 160 valence electrons. The van der Waals surface area contributed by atoms with Crippen LogP contribution in [-0.4, -0.2) is 11.6 Å². The van der Waals surface area contributed by atoms with Crippen LogP contribution in [0.2, 0.25) is 0 Å². The number of hydrogen-bond donors (Lipinski definition) is 0. The van der Waals surface area contributed by atoms with Crippen molar-refractivity contribution < 1.29 is 9.59 Å². The number of Topliss-reactive ketones (excluding diaryl/α,β-unsaturated/α-hetero) is 2. The molecule has 2 heteroatoms. The molecule has 2 nitrogen and oxygen atoms in total. The van der Waals surface area contributed by atoms with Gasteiger partial charge in [0.2, 0.25) is 0 Å². The Morgan fingerprint density at radius 2 is 1.10 bits per heavy atom. The van der Waals surface area contributed by atoms with Gasteiger partial charge in [-0.2, -0.15) is 0 Å². The quantitative estimate of drug-likeness (QED) is 0.430. The highest BCUT2D eigenvalue weighted by atomic mass is 16.1. The molecule has 0 aromatic heterocycles. The Morgan fingerprint density at radius 1 is 0.600 bits per heavy atom. The lowest BCUT2D eigenvalue weighted by Crippen LogP contribution is -2.27. The molecule has 0 saturated carbocycles. The van der Waals surface area contributed by atoms with Crippen molar-refractivity contribution in [3.63, 3.8) is 0 Å². The Labute approximate surface area is 181 Å². The monoisotopic (exact) mass is 404 g/mol. The lowest BCUT2D eigenvalue weighted by molar-refractivity contribution is -0.114. The molecule has 0 aromatic rings. The second kappa shape index (κ2) is 7.32. The minimum absolute atomic E-state index is 0.115. The SMILES string of the molecule is CC(C)(C)C1=C/C(=C2\CCCC3=C2CC=C(C(C)(C)C)C3=O)C2=C(CCCC2)C1=O. The predicted octanol–water partition coefficient (Wildman–Crippen LogP) is 7.13. The van der Waals surface area contributed by atoms with Gasteiger partial charge in [0.1, 0.15) is 0 Å². The lowest BCUT2D eigenvalue weighted by Gasteiger charge is -2.35. The van der Waals surface area contributed by atoms with Crippen molar-refractivity contribution in [2.24, 2.45) is 10.8 Å². The van der Waals surface area contributed by atoms with Gasteiger partial charge in [0.15, 0.2) is 11.6 Å². The molecule has 0 aliphatic heterocycles. The van der Waals surface area contributed by atoms with Crippen LogP contribution in [0.1, 0.15) is 92.9 Å². The molecule has 0 N–H and O–H groups in total. The Kier molecular flexibility index (Phi) is 5.19. The van der Waals surface area contributed by atoms with Crippen molar-refractivity contribution in [3.8, 4) is 0 Å². The van der Waals surface area contributed by atoms with Crippen molar-refractivity contribution in [1.29, 1.82) is 0 Å². The van der Waals surface area contributed by atoms with Crippen molar-refractivity contribution in [2.45, 2.75) is 92.9 Å². The van der Waals surface area contributed by atoms with Gasteiger partial charge in [-0.3, -0.25) is 9.59 Å². The molecule has 4 rings (SSSR count). The molecule has 0 amide bonds. The van der Waals surface area contributed by atoms with E-state index in [1.807, 2.05) is 0 Å². The van der Waals surface area contributed by atoms with Gasteiger partial charge in [0, 0.05) is 22.3 Å². The van der Waals surface area contributed by atoms with Gasteiger partial charge in [-0.1, -0.05) is 47.6 Å². The number of carbonyl (C=O) groups excluding carboxylic acids is 2. The van der Waals surface area contributed by atoms with Crippen molar-refractivity contribution in [3.05, 3.63) is 56.7 Å². The van der Waals surface area contributed by atoms with Crippen LogP contribution in [0.3, 0.4) is 0 Å². The summed E-state index contributed by atoms with van der Waals surface area (Å²) in [6.45, 7) is 12.8. The molecule has 4 aliphatic carbocycles. The summed E-state index contributed by atoms with van der Waals surface area (Å²) >= 11 is 0. The first-order chi connectivity index (χ1) is 14.0. The fraction of sp³-hybridized carbons (Fsp3) is 0.571. The van der Waals surface area contributed by atoms with E-state index in [1.165, 1.54) is 22.3 Å². The summed E-state index contributed by atoms with van der Waals surface area (Å²) in [5.74, 6) is 0.521. The Bertz CT molecular complexity index is 975. The van der Waals surface area contributed by atoms with Gasteiger partial charge in [-0.15, -0.1) is 0 Å². The van der Waals surface area contributed by atoms with Gasteiger partial charge < -0.3 is 0 Å². The molecular formula is C28H36O2. The topological polar surface area (TPSA) is 34.1 Å². The minimum atomic E-state index is -0.174. The van der Waals surface area contributed by atoms with Crippen LogP contribution in [0.5, 0.6) is 0 Å². The third-order valence-electron chi connectivity index (χ3n) is 7.15. The molecule has 30 heavy (non-hydrogen) atoms. The maximum atomic E-state index is 13.4. The Hall–Kier alpha value is -1.96. The summed E-state index contributed by atoms with van der Waals surface area (Å²) < 4.78 is 0. The van der Waals surface area contributed by atoms with Gasteiger partial charge in [0.05, 0.1) is 0 Å². The highest BCUT2D eigenvalue weighted by Gasteiger charge is 2.37. The van der Waals surface area contributed by atoms with Crippen molar-refractivity contribution in [1.82, 2.24) is 0 Å². The van der Waals surface area contributed by atoms with Gasteiger partial charge in [-0.25, -0.2) is 0 Å². The molecule has 0 radical (unpaired) electrons. The molecule has 0 heterocycles. The van der Waals surface area contributed by atoms with E-state index in [0.29, 0.717) is 0 Å². The fourth-order valence-electron chi connectivity index (χ4n) is 5.57. The normalized spacial score (nSPS) is 25.8. The van der Waals surface area contributed by atoms with Crippen LogP contribution >= 0.6 is 0 Å². The highest BCUT2D eigenvalue weighted by Crippen LogP contribution is 2.47. The molecule has 0 unspecified atom stereocenters. The van der Waals surface area contributed by atoms with E-state index in [2.05, 4.69) is 53.7 Å². The molecule has 0 fully saturated rings. The zero-order chi connectivity index (χ0) is 21.8. The Morgan fingerprint density at radius 3 is 1.73 bits per heavy atom. The first kappa shape index (κ1) is 21.3. The van der Waals surface area contributed by atoms with E-state index in [-0.39, 0.29) is 22.4 Å². The smallest absolute Gasteiger partial charge is 0.185 e.